The van der Waals surface area contributed by atoms with Crippen LogP contribution in [0.2, 0.25) is 0 Å². The lowest BCUT2D eigenvalue weighted by Gasteiger charge is -2.25. The highest BCUT2D eigenvalue weighted by Crippen LogP contribution is 2.31. The first-order chi connectivity index (χ1) is 14.1. The number of halogens is 1. The van der Waals surface area contributed by atoms with E-state index in [-0.39, 0.29) is 17.8 Å². The highest BCUT2D eigenvalue weighted by atomic mass is 19.1. The molecule has 0 N–H and O–H groups in total. The number of benzene rings is 2. The van der Waals surface area contributed by atoms with Crippen LogP contribution in [0.5, 0.6) is 0 Å². The predicted molar refractivity (Wildman–Crippen MR) is 112 cm³/mol. The number of rotatable bonds is 5. The molecule has 1 fully saturated rings. The Morgan fingerprint density at radius 2 is 1.76 bits per heavy atom. The second kappa shape index (κ2) is 8.56. The van der Waals surface area contributed by atoms with Gasteiger partial charge in [0.15, 0.2) is 0 Å². The maximum absolute atomic E-state index is 13.1. The molecule has 3 aromatic rings. The molecule has 0 aliphatic carbocycles. The van der Waals surface area contributed by atoms with Crippen molar-refractivity contribution < 1.29 is 9.18 Å². The summed E-state index contributed by atoms with van der Waals surface area (Å²) in [6.45, 7) is 2.83. The molecule has 1 aliphatic heterocycles. The fraction of sp³-hybridized carbons (Fsp3) is 0.280. The van der Waals surface area contributed by atoms with E-state index in [1.807, 2.05) is 23.1 Å². The van der Waals surface area contributed by atoms with Gasteiger partial charge in [-0.1, -0.05) is 48.0 Å². The van der Waals surface area contributed by atoms with Crippen molar-refractivity contribution in [3.63, 3.8) is 0 Å². The fourth-order valence-electron chi connectivity index (χ4n) is 3.95. The average Bonchev–Trinajstić information content (AvgIpc) is 3.22. The van der Waals surface area contributed by atoms with Gasteiger partial charge in [0.1, 0.15) is 5.82 Å². The van der Waals surface area contributed by atoms with E-state index >= 15 is 0 Å². The van der Waals surface area contributed by atoms with Crippen molar-refractivity contribution in [1.29, 1.82) is 0 Å². The zero-order chi connectivity index (χ0) is 20.2. The third kappa shape index (κ3) is 4.70. The number of likely N-dealkylation sites (tertiary alicyclic amines) is 1. The summed E-state index contributed by atoms with van der Waals surface area (Å²) in [5.41, 5.74) is 5.29. The number of pyridine rings is 1. The minimum atomic E-state index is -0.283. The van der Waals surface area contributed by atoms with Gasteiger partial charge in [-0.25, -0.2) is 4.39 Å². The van der Waals surface area contributed by atoms with Crippen molar-refractivity contribution in [3.05, 3.63) is 101 Å². The number of aryl methyl sites for hydroxylation is 1. The molecule has 4 rings (SSSR count). The standard InChI is InChI=1S/C25H25FN2O/c1-18-7-9-19(10-8-18)16-22-4-2-5-23(27-22)24-6-3-15-28(24)25(29)17-20-11-13-21(26)14-12-20/h2,4-5,7-14,24H,3,6,15-17H2,1H3/t24-/m0/s1. The molecule has 1 saturated heterocycles. The highest BCUT2D eigenvalue weighted by Gasteiger charge is 2.30. The molecule has 2 aromatic carbocycles. The van der Waals surface area contributed by atoms with E-state index in [9.17, 15) is 9.18 Å². The second-order valence-corrected chi connectivity index (χ2v) is 7.76. The van der Waals surface area contributed by atoms with Gasteiger partial charge < -0.3 is 4.90 Å². The largest absolute Gasteiger partial charge is 0.334 e. The smallest absolute Gasteiger partial charge is 0.227 e. The summed E-state index contributed by atoms with van der Waals surface area (Å²) in [5.74, 6) is -0.209. The first-order valence-corrected chi connectivity index (χ1v) is 10.1. The monoisotopic (exact) mass is 388 g/mol. The van der Waals surface area contributed by atoms with Crippen LogP contribution in [0, 0.1) is 12.7 Å². The van der Waals surface area contributed by atoms with E-state index in [4.69, 9.17) is 4.98 Å². The first kappa shape index (κ1) is 19.3. The summed E-state index contributed by atoms with van der Waals surface area (Å²) in [6.07, 6.45) is 2.98. The van der Waals surface area contributed by atoms with E-state index < -0.39 is 0 Å². The van der Waals surface area contributed by atoms with Crippen LogP contribution in [0.1, 0.15) is 47.0 Å². The van der Waals surface area contributed by atoms with Gasteiger partial charge in [0.2, 0.25) is 5.91 Å². The van der Waals surface area contributed by atoms with Crippen LogP contribution < -0.4 is 0 Å². The molecule has 2 heterocycles. The minimum absolute atomic E-state index is 0.0147. The van der Waals surface area contributed by atoms with Crippen LogP contribution in [-0.2, 0) is 17.6 Å². The van der Waals surface area contributed by atoms with E-state index in [0.29, 0.717) is 6.42 Å². The SMILES string of the molecule is Cc1ccc(Cc2cccc([C@@H]3CCCN3C(=O)Cc3ccc(F)cc3)n2)cc1. The number of amides is 1. The Hall–Kier alpha value is -3.01. The van der Waals surface area contributed by atoms with Crippen LogP contribution in [0.15, 0.2) is 66.7 Å². The molecule has 0 bridgehead atoms. The molecule has 3 nitrogen and oxygen atoms in total. The van der Waals surface area contributed by atoms with E-state index in [1.54, 1.807) is 12.1 Å². The Bertz CT molecular complexity index is 982. The lowest BCUT2D eigenvalue weighted by molar-refractivity contribution is -0.131. The Balaban J connectivity index is 1.48. The third-order valence-corrected chi connectivity index (χ3v) is 5.52. The van der Waals surface area contributed by atoms with Gasteiger partial charge >= 0.3 is 0 Å². The summed E-state index contributed by atoms with van der Waals surface area (Å²) < 4.78 is 13.1. The highest BCUT2D eigenvalue weighted by molar-refractivity contribution is 5.79. The van der Waals surface area contributed by atoms with Crippen molar-refractivity contribution >= 4 is 5.91 Å². The van der Waals surface area contributed by atoms with Crippen molar-refractivity contribution in [2.75, 3.05) is 6.54 Å². The zero-order valence-electron chi connectivity index (χ0n) is 16.6. The Morgan fingerprint density at radius 1 is 1.03 bits per heavy atom. The quantitative estimate of drug-likeness (QED) is 0.614. The van der Waals surface area contributed by atoms with Crippen LogP contribution in [0.4, 0.5) is 4.39 Å². The van der Waals surface area contributed by atoms with Crippen molar-refractivity contribution in [2.24, 2.45) is 0 Å². The van der Waals surface area contributed by atoms with Crippen molar-refractivity contribution in [3.8, 4) is 0 Å². The maximum atomic E-state index is 13.1. The van der Waals surface area contributed by atoms with E-state index in [0.717, 1.165) is 42.8 Å². The van der Waals surface area contributed by atoms with Gasteiger partial charge in [-0.15, -0.1) is 0 Å². The van der Waals surface area contributed by atoms with Crippen molar-refractivity contribution in [2.45, 2.75) is 38.6 Å². The molecular formula is C25H25FN2O. The first-order valence-electron chi connectivity index (χ1n) is 10.1. The number of carbonyl (C=O) groups excluding carboxylic acids is 1. The molecule has 1 amide bonds. The Morgan fingerprint density at radius 3 is 2.52 bits per heavy atom. The van der Waals surface area contributed by atoms with Crippen molar-refractivity contribution in [1.82, 2.24) is 9.88 Å². The average molecular weight is 388 g/mol. The molecule has 1 atom stereocenters. The van der Waals surface area contributed by atoms with Gasteiger partial charge in [-0.2, -0.15) is 0 Å². The molecule has 29 heavy (non-hydrogen) atoms. The fourth-order valence-corrected chi connectivity index (χ4v) is 3.95. The van der Waals surface area contributed by atoms with E-state index in [1.165, 1.54) is 23.3 Å². The number of hydrogen-bond donors (Lipinski definition) is 0. The van der Waals surface area contributed by atoms with Gasteiger partial charge in [-0.3, -0.25) is 9.78 Å². The van der Waals surface area contributed by atoms with Crippen LogP contribution in [0.3, 0.4) is 0 Å². The molecule has 0 unspecified atom stereocenters. The zero-order valence-corrected chi connectivity index (χ0v) is 16.6. The maximum Gasteiger partial charge on any atom is 0.227 e. The lowest BCUT2D eigenvalue weighted by atomic mass is 10.1. The predicted octanol–water partition coefficient (Wildman–Crippen LogP) is 5.03. The van der Waals surface area contributed by atoms with Gasteiger partial charge in [0, 0.05) is 18.7 Å². The molecule has 0 spiro atoms. The number of nitrogens with zero attached hydrogens (tertiary/aromatic N) is 2. The summed E-state index contributed by atoms with van der Waals surface area (Å²) in [5, 5.41) is 0. The summed E-state index contributed by atoms with van der Waals surface area (Å²) >= 11 is 0. The number of aromatic nitrogens is 1. The molecule has 1 aromatic heterocycles. The van der Waals surface area contributed by atoms with Gasteiger partial charge in [0.05, 0.1) is 18.2 Å². The Kier molecular flexibility index (Phi) is 5.70. The van der Waals surface area contributed by atoms with Crippen LogP contribution in [0.25, 0.3) is 0 Å². The molecule has 0 saturated carbocycles. The van der Waals surface area contributed by atoms with Crippen LogP contribution in [-0.4, -0.2) is 22.3 Å². The molecule has 0 radical (unpaired) electrons. The topological polar surface area (TPSA) is 33.2 Å². The van der Waals surface area contributed by atoms with E-state index in [2.05, 4.69) is 31.2 Å². The molecule has 148 valence electrons. The molecular weight excluding hydrogens is 363 g/mol. The summed E-state index contributed by atoms with van der Waals surface area (Å²) in [4.78, 5) is 19.7. The number of hydrogen-bond acceptors (Lipinski definition) is 2. The normalized spacial score (nSPS) is 16.2. The second-order valence-electron chi connectivity index (χ2n) is 7.76. The third-order valence-electron chi connectivity index (χ3n) is 5.52. The summed E-state index contributed by atoms with van der Waals surface area (Å²) in [6, 6.07) is 20.8. The van der Waals surface area contributed by atoms with Gasteiger partial charge in [0.25, 0.3) is 0 Å². The van der Waals surface area contributed by atoms with Crippen LogP contribution >= 0.6 is 0 Å². The molecule has 4 heteroatoms. The summed E-state index contributed by atoms with van der Waals surface area (Å²) in [7, 11) is 0. The lowest BCUT2D eigenvalue weighted by Crippen LogP contribution is -2.32. The number of carbonyl (C=O) groups is 1. The molecule has 1 aliphatic rings. The minimum Gasteiger partial charge on any atom is -0.334 e. The Labute approximate surface area is 171 Å². The van der Waals surface area contributed by atoms with Gasteiger partial charge in [-0.05, 0) is 55.2 Å².